The van der Waals surface area contributed by atoms with E-state index in [0.717, 1.165) is 16.3 Å². The number of nitrogens with zero attached hydrogens (tertiary/aromatic N) is 7. The normalized spacial score (nSPS) is 11.2. The maximum Gasteiger partial charge on any atom is 0.332 e. The van der Waals surface area contributed by atoms with E-state index in [9.17, 15) is 18.8 Å². The van der Waals surface area contributed by atoms with Crippen LogP contribution in [0.1, 0.15) is 0 Å². The van der Waals surface area contributed by atoms with Gasteiger partial charge in [0.05, 0.1) is 0 Å². The van der Waals surface area contributed by atoms with Crippen molar-refractivity contribution in [1.82, 2.24) is 33.4 Å². The number of aromatic nitrogens is 7. The molecule has 13 heteroatoms. The van der Waals surface area contributed by atoms with Crippen LogP contribution >= 0.6 is 11.8 Å². The summed E-state index contributed by atoms with van der Waals surface area (Å²) in [4.78, 5) is 45.6. The van der Waals surface area contributed by atoms with Gasteiger partial charge in [0.15, 0.2) is 21.5 Å². The van der Waals surface area contributed by atoms with Crippen LogP contribution in [0.15, 0.2) is 50.5 Å². The van der Waals surface area contributed by atoms with E-state index < -0.39 is 17.1 Å². The number of amides is 1. The van der Waals surface area contributed by atoms with Gasteiger partial charge < -0.3 is 9.88 Å². The second-order valence-electron chi connectivity index (χ2n) is 6.69. The van der Waals surface area contributed by atoms with Gasteiger partial charge in [-0.1, -0.05) is 0 Å². The molecule has 0 saturated carbocycles. The first kappa shape index (κ1) is 20.5. The largest absolute Gasteiger partial charge is 0.332 e. The van der Waals surface area contributed by atoms with Gasteiger partial charge >= 0.3 is 5.69 Å². The molecule has 4 rings (SSSR count). The predicted octanol–water partition coefficient (Wildman–Crippen LogP) is 0.491. The molecule has 4 aromatic rings. The summed E-state index contributed by atoms with van der Waals surface area (Å²) in [5, 5.41) is 7.49. The lowest BCUT2D eigenvalue weighted by atomic mass is 10.3. The Morgan fingerprint density at radius 1 is 1.06 bits per heavy atom. The van der Waals surface area contributed by atoms with E-state index in [4.69, 9.17) is 0 Å². The zero-order valence-electron chi connectivity index (χ0n) is 16.7. The van der Waals surface area contributed by atoms with Crippen molar-refractivity contribution in [3.05, 3.63) is 57.2 Å². The average molecular weight is 444 g/mol. The molecule has 0 aliphatic rings. The number of carbonyl (C=O) groups excluding carboxylic acids is 1. The smallest absolute Gasteiger partial charge is 0.324 e. The van der Waals surface area contributed by atoms with Crippen LogP contribution in [0.5, 0.6) is 0 Å². The molecule has 1 aromatic carbocycles. The van der Waals surface area contributed by atoms with E-state index in [1.807, 2.05) is 0 Å². The van der Waals surface area contributed by atoms with Crippen molar-refractivity contribution in [2.75, 3.05) is 5.32 Å². The van der Waals surface area contributed by atoms with Crippen LogP contribution in [0.2, 0.25) is 0 Å². The molecule has 11 nitrogen and oxygen atoms in total. The molecule has 31 heavy (non-hydrogen) atoms. The summed E-state index contributed by atoms with van der Waals surface area (Å²) in [7, 11) is 4.60. The van der Waals surface area contributed by atoms with E-state index >= 15 is 0 Å². The van der Waals surface area contributed by atoms with Crippen LogP contribution in [0, 0.1) is 5.82 Å². The van der Waals surface area contributed by atoms with Crippen molar-refractivity contribution in [2.24, 2.45) is 21.1 Å². The molecule has 0 unspecified atom stereocenters. The number of imidazole rings is 1. The van der Waals surface area contributed by atoms with Crippen LogP contribution in [-0.2, 0) is 32.5 Å². The Bertz CT molecular complexity index is 1420. The van der Waals surface area contributed by atoms with Crippen molar-refractivity contribution in [1.29, 1.82) is 0 Å². The second-order valence-corrected chi connectivity index (χ2v) is 7.62. The number of anilines is 1. The van der Waals surface area contributed by atoms with E-state index in [2.05, 4.69) is 20.4 Å². The summed E-state index contributed by atoms with van der Waals surface area (Å²) in [6.07, 6.45) is 1.30. The second kappa shape index (κ2) is 7.83. The van der Waals surface area contributed by atoms with Gasteiger partial charge in [-0.25, -0.2) is 23.8 Å². The van der Waals surface area contributed by atoms with E-state index in [-0.39, 0.29) is 23.6 Å². The third-order valence-electron chi connectivity index (χ3n) is 4.62. The average Bonchev–Trinajstić information content (AvgIpc) is 3.31. The molecule has 160 valence electrons. The van der Waals surface area contributed by atoms with E-state index in [1.54, 1.807) is 11.6 Å². The minimum atomic E-state index is -0.479. The van der Waals surface area contributed by atoms with E-state index in [1.165, 1.54) is 53.9 Å². The van der Waals surface area contributed by atoms with Gasteiger partial charge in [-0.2, -0.15) is 5.10 Å². The number of hydrogen-bond acceptors (Lipinski definition) is 7. The maximum absolute atomic E-state index is 13.0. The molecule has 0 fully saturated rings. The van der Waals surface area contributed by atoms with Gasteiger partial charge in [0.1, 0.15) is 18.7 Å². The Labute approximate surface area is 178 Å². The Morgan fingerprint density at radius 3 is 2.48 bits per heavy atom. The fourth-order valence-electron chi connectivity index (χ4n) is 2.98. The fourth-order valence-corrected chi connectivity index (χ4v) is 3.82. The van der Waals surface area contributed by atoms with Gasteiger partial charge in [0.2, 0.25) is 5.91 Å². The summed E-state index contributed by atoms with van der Waals surface area (Å²) in [5.41, 5.74) is 0.0335. The molecular weight excluding hydrogens is 427 g/mol. The molecule has 0 spiro atoms. The summed E-state index contributed by atoms with van der Waals surface area (Å²) < 4.78 is 18.3. The summed E-state index contributed by atoms with van der Waals surface area (Å²) in [6.45, 7) is -0.135. The molecule has 3 heterocycles. The van der Waals surface area contributed by atoms with Crippen molar-refractivity contribution in [3.8, 4) is 0 Å². The highest BCUT2D eigenvalue weighted by Gasteiger charge is 2.20. The van der Waals surface area contributed by atoms with Gasteiger partial charge in [0.25, 0.3) is 5.56 Å². The third kappa shape index (κ3) is 3.74. The molecule has 0 bridgehead atoms. The van der Waals surface area contributed by atoms with Gasteiger partial charge in [-0.05, 0) is 36.0 Å². The maximum atomic E-state index is 13.0. The molecule has 1 N–H and O–H groups in total. The predicted molar refractivity (Wildman–Crippen MR) is 110 cm³/mol. The number of carbonyl (C=O) groups is 1. The molecule has 0 aliphatic carbocycles. The number of rotatable bonds is 5. The van der Waals surface area contributed by atoms with Gasteiger partial charge in [0, 0.05) is 26.8 Å². The Kier molecular flexibility index (Phi) is 5.19. The number of nitrogens with one attached hydrogen (secondary N) is 1. The molecule has 1 amide bonds. The van der Waals surface area contributed by atoms with Crippen LogP contribution in [-0.4, -0.2) is 39.4 Å². The zero-order valence-corrected chi connectivity index (χ0v) is 17.6. The zero-order chi connectivity index (χ0) is 22.3. The Morgan fingerprint density at radius 2 is 1.77 bits per heavy atom. The molecule has 0 aliphatic heterocycles. The van der Waals surface area contributed by atoms with Crippen molar-refractivity contribution in [3.63, 3.8) is 0 Å². The highest BCUT2D eigenvalue weighted by atomic mass is 32.2. The Hall–Kier alpha value is -3.74. The highest BCUT2D eigenvalue weighted by Crippen LogP contribution is 2.26. The van der Waals surface area contributed by atoms with Crippen LogP contribution in [0.4, 0.5) is 10.1 Å². The molecule has 0 saturated heterocycles. The summed E-state index contributed by atoms with van der Waals surface area (Å²) >= 11 is 1.10. The summed E-state index contributed by atoms with van der Waals surface area (Å²) in [5.74, 6) is -0.775. The lowest BCUT2D eigenvalue weighted by Gasteiger charge is -2.07. The number of benzene rings is 1. The molecular formula is C18H17FN8O3S. The highest BCUT2D eigenvalue weighted by molar-refractivity contribution is 7.99. The van der Waals surface area contributed by atoms with Crippen LogP contribution < -0.4 is 16.6 Å². The van der Waals surface area contributed by atoms with Crippen molar-refractivity contribution < 1.29 is 9.18 Å². The number of hydrogen-bond donors (Lipinski definition) is 1. The Balaban J connectivity index is 1.60. The first-order valence-corrected chi connectivity index (χ1v) is 9.81. The minimum Gasteiger partial charge on any atom is -0.324 e. The first-order valence-electron chi connectivity index (χ1n) is 8.99. The minimum absolute atomic E-state index is 0.135. The SMILES string of the molecule is Cn1c(=O)c2c(nc(Sc3ncnn3CC(=O)Nc3ccc(F)cc3)n2C)n(C)c1=O. The molecule has 3 aromatic heterocycles. The fraction of sp³-hybridized carbons (Fsp3) is 0.222. The van der Waals surface area contributed by atoms with Crippen molar-refractivity contribution >= 4 is 34.5 Å². The van der Waals surface area contributed by atoms with Crippen molar-refractivity contribution in [2.45, 2.75) is 16.9 Å². The van der Waals surface area contributed by atoms with Gasteiger partial charge in [-0.3, -0.25) is 18.7 Å². The lowest BCUT2D eigenvalue weighted by molar-refractivity contribution is -0.117. The summed E-state index contributed by atoms with van der Waals surface area (Å²) in [6, 6.07) is 5.40. The number of fused-ring (bicyclic) bond motifs is 1. The van der Waals surface area contributed by atoms with Crippen LogP contribution in [0.3, 0.4) is 0 Å². The monoisotopic (exact) mass is 444 g/mol. The lowest BCUT2D eigenvalue weighted by Crippen LogP contribution is -2.37. The van der Waals surface area contributed by atoms with E-state index in [0.29, 0.717) is 16.0 Å². The standard InChI is InChI=1S/C18H17FN8O3S/c1-24-13-14(25(2)18(30)26(3)15(13)29)23-17(24)31-16-20-9-21-27(16)8-12(28)22-11-6-4-10(19)5-7-11/h4-7,9H,8H2,1-3H3,(H,22,28). The topological polar surface area (TPSA) is 122 Å². The quantitative estimate of drug-likeness (QED) is 0.475. The van der Waals surface area contributed by atoms with Gasteiger partial charge in [-0.15, -0.1) is 0 Å². The number of halogens is 1. The molecule has 0 atom stereocenters. The third-order valence-corrected chi connectivity index (χ3v) is 5.66. The molecule has 0 radical (unpaired) electrons. The van der Waals surface area contributed by atoms with Crippen LogP contribution in [0.25, 0.3) is 11.2 Å². The first-order chi connectivity index (χ1) is 14.8. The number of aryl methyl sites for hydroxylation is 2.